The van der Waals surface area contributed by atoms with E-state index in [-0.39, 0.29) is 12.6 Å². The fourth-order valence-electron chi connectivity index (χ4n) is 1.47. The Hall–Kier alpha value is -1.26. The zero-order chi connectivity index (χ0) is 13.4. The largest absolute Gasteiger partial charge is 0.494 e. The molecule has 1 rings (SSSR count). The highest BCUT2D eigenvalue weighted by Crippen LogP contribution is 2.17. The Morgan fingerprint density at radius 2 is 1.72 bits per heavy atom. The molecule has 102 valence electrons. The zero-order valence-electron chi connectivity index (χ0n) is 11.4. The minimum atomic E-state index is 0.161. The number of aliphatic hydroxyl groups excluding tert-OH is 1. The highest BCUT2D eigenvalue weighted by atomic mass is 16.5. The number of nitrogens with zero attached hydrogens (tertiary/aromatic N) is 1. The van der Waals surface area contributed by atoms with Crippen LogP contribution in [-0.4, -0.2) is 49.5 Å². The smallest absolute Gasteiger partial charge is 0.119 e. The summed E-state index contributed by atoms with van der Waals surface area (Å²) in [6.45, 7) is 6.17. The average molecular weight is 253 g/mol. The molecule has 0 radical (unpaired) electrons. The molecule has 4 nitrogen and oxygen atoms in total. The van der Waals surface area contributed by atoms with Crippen molar-refractivity contribution in [2.75, 3.05) is 33.4 Å². The van der Waals surface area contributed by atoms with E-state index in [0.29, 0.717) is 13.2 Å². The second-order valence-electron chi connectivity index (χ2n) is 4.27. The molecule has 18 heavy (non-hydrogen) atoms. The second kappa shape index (κ2) is 7.95. The lowest BCUT2D eigenvalue weighted by Gasteiger charge is -2.22. The van der Waals surface area contributed by atoms with Gasteiger partial charge in [-0.05, 0) is 45.2 Å². The quantitative estimate of drug-likeness (QED) is 0.767. The van der Waals surface area contributed by atoms with Crippen LogP contribution in [0.15, 0.2) is 24.3 Å². The van der Waals surface area contributed by atoms with E-state index in [9.17, 15) is 0 Å². The van der Waals surface area contributed by atoms with E-state index in [1.54, 1.807) is 0 Å². The third-order valence-corrected chi connectivity index (χ3v) is 2.86. The first kappa shape index (κ1) is 14.8. The van der Waals surface area contributed by atoms with Crippen molar-refractivity contribution in [2.24, 2.45) is 0 Å². The highest BCUT2D eigenvalue weighted by Gasteiger charge is 2.07. The van der Waals surface area contributed by atoms with E-state index in [2.05, 4.69) is 4.90 Å². The lowest BCUT2D eigenvalue weighted by molar-refractivity contribution is 0.140. The van der Waals surface area contributed by atoms with E-state index in [4.69, 9.17) is 14.6 Å². The second-order valence-corrected chi connectivity index (χ2v) is 4.27. The van der Waals surface area contributed by atoms with Crippen LogP contribution in [-0.2, 0) is 0 Å². The van der Waals surface area contributed by atoms with Gasteiger partial charge in [0, 0.05) is 12.6 Å². The number of ether oxygens (including phenoxy) is 2. The summed E-state index contributed by atoms with van der Waals surface area (Å²) in [5.41, 5.74) is 0. The molecule has 4 heteroatoms. The first-order valence-electron chi connectivity index (χ1n) is 6.34. The van der Waals surface area contributed by atoms with Crippen molar-refractivity contribution in [1.82, 2.24) is 4.90 Å². The minimum Gasteiger partial charge on any atom is -0.494 e. The fourth-order valence-corrected chi connectivity index (χ4v) is 1.47. The van der Waals surface area contributed by atoms with Gasteiger partial charge < -0.3 is 14.6 Å². The van der Waals surface area contributed by atoms with Crippen molar-refractivity contribution < 1.29 is 14.6 Å². The summed E-state index contributed by atoms with van der Waals surface area (Å²) in [6.07, 6.45) is 0. The number of aliphatic hydroxyl groups is 1. The molecule has 1 atom stereocenters. The van der Waals surface area contributed by atoms with Gasteiger partial charge in [-0.15, -0.1) is 0 Å². The summed E-state index contributed by atoms with van der Waals surface area (Å²) in [7, 11) is 1.97. The summed E-state index contributed by atoms with van der Waals surface area (Å²) >= 11 is 0. The van der Waals surface area contributed by atoms with Crippen molar-refractivity contribution >= 4 is 0 Å². The monoisotopic (exact) mass is 253 g/mol. The van der Waals surface area contributed by atoms with Crippen LogP contribution >= 0.6 is 0 Å². The number of likely N-dealkylation sites (N-methyl/N-ethyl adjacent to an activating group) is 1. The molecular formula is C14H23NO3. The number of benzene rings is 1. The topological polar surface area (TPSA) is 41.9 Å². The molecule has 0 fully saturated rings. The molecule has 0 bridgehead atoms. The molecule has 0 spiro atoms. The van der Waals surface area contributed by atoms with Gasteiger partial charge in [0.2, 0.25) is 0 Å². The molecule has 1 N–H and O–H groups in total. The van der Waals surface area contributed by atoms with Crippen molar-refractivity contribution in [3.8, 4) is 11.5 Å². The van der Waals surface area contributed by atoms with Gasteiger partial charge in [-0.1, -0.05) is 0 Å². The van der Waals surface area contributed by atoms with E-state index in [1.165, 1.54) is 0 Å². The number of hydrogen-bond donors (Lipinski definition) is 1. The molecule has 1 aromatic rings. The van der Waals surface area contributed by atoms with Crippen molar-refractivity contribution in [1.29, 1.82) is 0 Å². The van der Waals surface area contributed by atoms with Gasteiger partial charge in [0.15, 0.2) is 0 Å². The first-order chi connectivity index (χ1) is 8.67. The molecule has 0 aromatic heterocycles. The van der Waals surface area contributed by atoms with E-state index in [1.807, 2.05) is 45.2 Å². The summed E-state index contributed by atoms with van der Waals surface area (Å²) in [5, 5.41) is 9.01. The van der Waals surface area contributed by atoms with E-state index in [0.717, 1.165) is 18.0 Å². The Bertz CT molecular complexity index is 326. The van der Waals surface area contributed by atoms with Crippen LogP contribution in [0.3, 0.4) is 0 Å². The van der Waals surface area contributed by atoms with Gasteiger partial charge in [-0.3, -0.25) is 4.90 Å². The molecule has 0 heterocycles. The third-order valence-electron chi connectivity index (χ3n) is 2.86. The SMILES string of the molecule is CCOc1ccc(OCCN(C)C(C)CO)cc1. The molecule has 1 unspecified atom stereocenters. The van der Waals surface area contributed by atoms with Crippen molar-refractivity contribution in [2.45, 2.75) is 19.9 Å². The summed E-state index contributed by atoms with van der Waals surface area (Å²) < 4.78 is 11.0. The van der Waals surface area contributed by atoms with Gasteiger partial charge in [-0.25, -0.2) is 0 Å². The predicted molar refractivity (Wildman–Crippen MR) is 72.3 cm³/mol. The molecule has 0 aliphatic rings. The normalized spacial score (nSPS) is 12.5. The van der Waals surface area contributed by atoms with Gasteiger partial charge in [-0.2, -0.15) is 0 Å². The molecule has 0 amide bonds. The lowest BCUT2D eigenvalue weighted by Crippen LogP contribution is -2.35. The first-order valence-corrected chi connectivity index (χ1v) is 6.34. The Labute approximate surface area is 109 Å². The van der Waals surface area contributed by atoms with Gasteiger partial charge in [0.1, 0.15) is 18.1 Å². The average Bonchev–Trinajstić information content (AvgIpc) is 2.40. The van der Waals surface area contributed by atoms with Gasteiger partial charge >= 0.3 is 0 Å². The lowest BCUT2D eigenvalue weighted by atomic mass is 10.3. The Morgan fingerprint density at radius 3 is 2.22 bits per heavy atom. The van der Waals surface area contributed by atoms with E-state index >= 15 is 0 Å². The Morgan fingerprint density at radius 1 is 1.17 bits per heavy atom. The Kier molecular flexibility index (Phi) is 6.54. The fraction of sp³-hybridized carbons (Fsp3) is 0.571. The molecular weight excluding hydrogens is 230 g/mol. The summed E-state index contributed by atoms with van der Waals surface area (Å²) in [4.78, 5) is 2.06. The van der Waals surface area contributed by atoms with Gasteiger partial charge in [0.25, 0.3) is 0 Å². The van der Waals surface area contributed by atoms with E-state index < -0.39 is 0 Å². The van der Waals surface area contributed by atoms with Crippen LogP contribution in [0.2, 0.25) is 0 Å². The van der Waals surface area contributed by atoms with Crippen molar-refractivity contribution in [3.63, 3.8) is 0 Å². The molecule has 0 saturated carbocycles. The van der Waals surface area contributed by atoms with Crippen LogP contribution in [0.5, 0.6) is 11.5 Å². The Balaban J connectivity index is 2.31. The highest BCUT2D eigenvalue weighted by molar-refractivity contribution is 5.31. The molecule has 0 saturated heterocycles. The van der Waals surface area contributed by atoms with Crippen LogP contribution < -0.4 is 9.47 Å². The van der Waals surface area contributed by atoms with Crippen molar-refractivity contribution in [3.05, 3.63) is 24.3 Å². The molecule has 0 aliphatic carbocycles. The summed E-state index contributed by atoms with van der Waals surface area (Å²) in [5.74, 6) is 1.69. The number of hydrogen-bond acceptors (Lipinski definition) is 4. The van der Waals surface area contributed by atoms with Gasteiger partial charge in [0.05, 0.1) is 13.2 Å². The van der Waals surface area contributed by atoms with Crippen LogP contribution in [0.25, 0.3) is 0 Å². The standard InChI is InChI=1S/C14H23NO3/c1-4-17-13-5-7-14(8-6-13)18-10-9-15(3)12(2)11-16/h5-8,12,16H,4,9-11H2,1-3H3. The maximum Gasteiger partial charge on any atom is 0.119 e. The van der Waals surface area contributed by atoms with Crippen LogP contribution in [0.4, 0.5) is 0 Å². The predicted octanol–water partition coefficient (Wildman–Crippen LogP) is 1.78. The summed E-state index contributed by atoms with van der Waals surface area (Å²) in [6, 6.07) is 7.77. The van der Waals surface area contributed by atoms with Crippen LogP contribution in [0.1, 0.15) is 13.8 Å². The molecule has 1 aromatic carbocycles. The maximum atomic E-state index is 9.01. The number of rotatable bonds is 8. The minimum absolute atomic E-state index is 0.161. The maximum absolute atomic E-state index is 9.01. The van der Waals surface area contributed by atoms with Crippen LogP contribution in [0, 0.1) is 0 Å². The zero-order valence-corrected chi connectivity index (χ0v) is 11.4. The third kappa shape index (κ3) is 4.94. The molecule has 0 aliphatic heterocycles.